The minimum atomic E-state index is 0.208. The quantitative estimate of drug-likeness (QED) is 0.310. The summed E-state index contributed by atoms with van der Waals surface area (Å²) in [5, 5.41) is 5.01. The van der Waals surface area contributed by atoms with E-state index < -0.39 is 0 Å². The van der Waals surface area contributed by atoms with Crippen LogP contribution < -0.4 is 11.1 Å². The van der Waals surface area contributed by atoms with E-state index in [2.05, 4.69) is 84.4 Å². The van der Waals surface area contributed by atoms with Gasteiger partial charge in [0.1, 0.15) is 5.65 Å². The number of H-pyrrole nitrogens is 1. The lowest BCUT2D eigenvalue weighted by atomic mass is 9.93. The first-order valence-corrected chi connectivity index (χ1v) is 14.3. The molecule has 214 valence electrons. The maximum absolute atomic E-state index is 10.5. The number of hydrogen-bond acceptors (Lipinski definition) is 5. The molecule has 0 bridgehead atoms. The van der Waals surface area contributed by atoms with E-state index in [1.807, 2.05) is 6.20 Å². The van der Waals surface area contributed by atoms with Crippen molar-refractivity contribution in [1.82, 2.24) is 20.2 Å². The zero-order valence-corrected chi connectivity index (χ0v) is 24.9. The number of carbonyl (C=O) groups is 1. The molecule has 7 nitrogen and oxygen atoms in total. The largest absolute Gasteiger partial charge is 0.380 e. The Balaban J connectivity index is 0.000000200. The number of rotatable bonds is 4. The van der Waals surface area contributed by atoms with Gasteiger partial charge in [0.25, 0.3) is 0 Å². The number of amides is 1. The zero-order valence-electron chi connectivity index (χ0n) is 24.9. The molecule has 0 spiro atoms. The number of likely N-dealkylation sites (tertiary alicyclic amines) is 1. The van der Waals surface area contributed by atoms with Crippen LogP contribution in [0.3, 0.4) is 0 Å². The Morgan fingerprint density at radius 3 is 2.40 bits per heavy atom. The lowest BCUT2D eigenvalue weighted by molar-refractivity contribution is -0.121. The molecule has 3 heterocycles. The van der Waals surface area contributed by atoms with Crippen LogP contribution in [0.25, 0.3) is 33.1 Å². The molecule has 4 aromatic rings. The number of benzene rings is 2. The molecule has 7 heteroatoms. The molecule has 1 aliphatic heterocycles. The summed E-state index contributed by atoms with van der Waals surface area (Å²) < 4.78 is 5.44. The van der Waals surface area contributed by atoms with E-state index in [4.69, 9.17) is 10.5 Å². The van der Waals surface area contributed by atoms with Crippen molar-refractivity contribution in [2.75, 3.05) is 34.3 Å². The molecule has 1 aliphatic carbocycles. The molecular formula is C33H45N5O2. The van der Waals surface area contributed by atoms with Gasteiger partial charge < -0.3 is 25.7 Å². The summed E-state index contributed by atoms with van der Waals surface area (Å²) >= 11 is 0. The minimum absolute atomic E-state index is 0.208. The third-order valence-corrected chi connectivity index (χ3v) is 7.82. The number of carbonyl (C=O) groups excluding carboxylic acids is 1. The van der Waals surface area contributed by atoms with Crippen molar-refractivity contribution in [1.29, 1.82) is 0 Å². The molecule has 1 amide bonds. The second-order valence-corrected chi connectivity index (χ2v) is 11.3. The number of ether oxygens (including phenoxy) is 1. The first-order valence-electron chi connectivity index (χ1n) is 14.3. The molecule has 2 aromatic carbocycles. The van der Waals surface area contributed by atoms with Gasteiger partial charge in [0, 0.05) is 43.1 Å². The van der Waals surface area contributed by atoms with E-state index in [9.17, 15) is 4.79 Å². The van der Waals surface area contributed by atoms with E-state index >= 15 is 0 Å². The summed E-state index contributed by atoms with van der Waals surface area (Å²) in [7, 11) is 5.57. The Kier molecular flexibility index (Phi) is 9.95. The van der Waals surface area contributed by atoms with Gasteiger partial charge in [-0.2, -0.15) is 0 Å². The van der Waals surface area contributed by atoms with Crippen molar-refractivity contribution in [3.05, 3.63) is 64.8 Å². The molecule has 1 saturated heterocycles. The van der Waals surface area contributed by atoms with Gasteiger partial charge in [-0.05, 0) is 107 Å². The van der Waals surface area contributed by atoms with Crippen LogP contribution in [0.2, 0.25) is 0 Å². The number of piperidine rings is 1. The van der Waals surface area contributed by atoms with Gasteiger partial charge in [0.15, 0.2) is 0 Å². The average molecular weight is 544 g/mol. The normalized spacial score (nSPS) is 15.8. The molecular weight excluding hydrogens is 498 g/mol. The molecule has 40 heavy (non-hydrogen) atoms. The van der Waals surface area contributed by atoms with Crippen molar-refractivity contribution in [3.63, 3.8) is 0 Å². The van der Waals surface area contributed by atoms with Crippen LogP contribution in [0, 0.1) is 26.7 Å². The van der Waals surface area contributed by atoms with Crippen molar-refractivity contribution in [2.45, 2.75) is 59.1 Å². The van der Waals surface area contributed by atoms with Gasteiger partial charge in [0.2, 0.25) is 5.91 Å². The fraction of sp³-hybridized carbons (Fsp3) is 0.455. The molecule has 4 N–H and O–H groups in total. The maximum Gasteiger partial charge on any atom is 0.222 e. The number of aryl methyl sites for hydroxylation is 3. The molecule has 1 saturated carbocycles. The molecule has 0 atom stereocenters. The summed E-state index contributed by atoms with van der Waals surface area (Å²) in [4.78, 5) is 20.9. The van der Waals surface area contributed by atoms with Crippen molar-refractivity contribution in [3.8, 4) is 11.1 Å². The highest BCUT2D eigenvalue weighted by atomic mass is 16.5. The zero-order chi connectivity index (χ0) is 28.8. The predicted octanol–water partition coefficient (Wildman–Crippen LogP) is 5.64. The van der Waals surface area contributed by atoms with Crippen LogP contribution in [0.1, 0.15) is 47.9 Å². The number of methoxy groups -OCH3 is 1. The van der Waals surface area contributed by atoms with Crippen LogP contribution in [0.5, 0.6) is 0 Å². The number of nitrogens with two attached hydrogens (primary N) is 1. The average Bonchev–Trinajstić information content (AvgIpc) is 3.73. The lowest BCUT2D eigenvalue weighted by Gasteiger charge is -2.25. The van der Waals surface area contributed by atoms with Crippen molar-refractivity contribution < 1.29 is 9.53 Å². The topological polar surface area (TPSA) is 96.3 Å². The Labute approximate surface area is 238 Å². The summed E-state index contributed by atoms with van der Waals surface area (Å²) in [5.41, 5.74) is 15.1. The predicted molar refractivity (Wildman–Crippen MR) is 165 cm³/mol. The summed E-state index contributed by atoms with van der Waals surface area (Å²) in [6.07, 6.45) is 6.46. The third kappa shape index (κ3) is 7.27. The summed E-state index contributed by atoms with van der Waals surface area (Å²) in [6.45, 7) is 9.33. The first kappa shape index (κ1) is 29.7. The van der Waals surface area contributed by atoms with E-state index in [0.29, 0.717) is 18.6 Å². The van der Waals surface area contributed by atoms with Crippen LogP contribution in [0.4, 0.5) is 0 Å². The van der Waals surface area contributed by atoms with Gasteiger partial charge in [-0.15, -0.1) is 0 Å². The Bertz CT molecular complexity index is 1440. The standard InChI is InChI=1S/C22H22N2O.C6H14N2.C5H9NO/c1-13-6-5-7-16(8-13)18-10-17(12-25-4)15(3)21-20(18)19-9-14(2)11-23-22(19)24-21;1-8-4-2-6(7)3-5-8;1-6-5(7)4-2-3-4/h5-11H,12H2,1-4H3,(H,23,24);6H,2-5,7H2,1H3;4H,2-3H2,1H3,(H,6,7). The fourth-order valence-corrected chi connectivity index (χ4v) is 5.18. The van der Waals surface area contributed by atoms with E-state index in [1.165, 1.54) is 70.1 Å². The highest BCUT2D eigenvalue weighted by Crippen LogP contribution is 2.38. The van der Waals surface area contributed by atoms with Gasteiger partial charge >= 0.3 is 0 Å². The Morgan fingerprint density at radius 1 is 1.10 bits per heavy atom. The van der Waals surface area contributed by atoms with Crippen molar-refractivity contribution in [2.24, 2.45) is 11.7 Å². The second kappa shape index (κ2) is 13.4. The Morgan fingerprint density at radius 2 is 1.82 bits per heavy atom. The van der Waals surface area contributed by atoms with Crippen molar-refractivity contribution >= 4 is 27.8 Å². The fourth-order valence-electron chi connectivity index (χ4n) is 5.18. The SMILES string of the molecule is CN1CCC(N)CC1.CNC(=O)C1CC1.COCc1cc(-c2cccc(C)c2)c2c([nH]c3ncc(C)cc32)c1C. The van der Waals surface area contributed by atoms with E-state index in [0.717, 1.165) is 24.0 Å². The minimum Gasteiger partial charge on any atom is -0.380 e. The highest BCUT2D eigenvalue weighted by Gasteiger charge is 2.28. The third-order valence-electron chi connectivity index (χ3n) is 7.82. The number of aromatic amines is 1. The summed E-state index contributed by atoms with van der Waals surface area (Å²) in [6, 6.07) is 13.6. The van der Waals surface area contributed by atoms with E-state index in [1.54, 1.807) is 14.2 Å². The highest BCUT2D eigenvalue weighted by molar-refractivity contribution is 6.14. The Hall–Kier alpha value is -3.26. The molecule has 2 aliphatic rings. The van der Waals surface area contributed by atoms with Gasteiger partial charge in [-0.1, -0.05) is 29.8 Å². The van der Waals surface area contributed by atoms with Crippen LogP contribution in [-0.4, -0.2) is 61.1 Å². The van der Waals surface area contributed by atoms with Gasteiger partial charge in [0.05, 0.1) is 12.1 Å². The number of hydrogen-bond donors (Lipinski definition) is 3. The number of fused-ring (bicyclic) bond motifs is 3. The monoisotopic (exact) mass is 543 g/mol. The molecule has 2 fully saturated rings. The van der Waals surface area contributed by atoms with Crippen LogP contribution >= 0.6 is 0 Å². The first-order chi connectivity index (χ1) is 19.2. The number of nitrogens with one attached hydrogen (secondary N) is 2. The number of nitrogens with zero attached hydrogens (tertiary/aromatic N) is 2. The molecule has 0 unspecified atom stereocenters. The maximum atomic E-state index is 10.5. The van der Waals surface area contributed by atoms with E-state index in [-0.39, 0.29) is 5.91 Å². The van der Waals surface area contributed by atoms with Gasteiger partial charge in [-0.3, -0.25) is 4.79 Å². The summed E-state index contributed by atoms with van der Waals surface area (Å²) in [5.74, 6) is 0.574. The molecule has 6 rings (SSSR count). The number of pyridine rings is 1. The van der Waals surface area contributed by atoms with Gasteiger partial charge in [-0.25, -0.2) is 4.98 Å². The van der Waals surface area contributed by atoms with Crippen LogP contribution in [-0.2, 0) is 16.1 Å². The smallest absolute Gasteiger partial charge is 0.222 e. The second-order valence-electron chi connectivity index (χ2n) is 11.3. The van der Waals surface area contributed by atoms with Crippen LogP contribution in [0.15, 0.2) is 42.6 Å². The molecule has 0 radical (unpaired) electrons. The lowest BCUT2D eigenvalue weighted by Crippen LogP contribution is -2.37. The number of aromatic nitrogens is 2. The molecule has 2 aromatic heterocycles.